The van der Waals surface area contributed by atoms with Gasteiger partial charge in [0, 0.05) is 25.7 Å². The Labute approximate surface area is 127 Å². The molecule has 1 aliphatic heterocycles. The molecule has 1 aliphatic rings. The lowest BCUT2D eigenvalue weighted by Crippen LogP contribution is -2.29. The summed E-state index contributed by atoms with van der Waals surface area (Å²) in [6.45, 7) is 5.59. The fourth-order valence-corrected chi connectivity index (χ4v) is 3.20. The Balaban J connectivity index is 1.76. The summed E-state index contributed by atoms with van der Waals surface area (Å²) in [5.74, 6) is 0. The van der Waals surface area contributed by atoms with E-state index in [-0.39, 0.29) is 0 Å². The molecule has 2 heteroatoms. The molecule has 1 heterocycles. The van der Waals surface area contributed by atoms with Gasteiger partial charge in [-0.05, 0) is 48.7 Å². The Morgan fingerprint density at radius 3 is 2.76 bits per heavy atom. The fraction of sp³-hybridized carbons (Fsp3) is 0.368. The van der Waals surface area contributed by atoms with Crippen LogP contribution >= 0.6 is 0 Å². The Kier molecular flexibility index (Phi) is 4.37. The fourth-order valence-electron chi connectivity index (χ4n) is 3.20. The summed E-state index contributed by atoms with van der Waals surface area (Å²) in [5.41, 5.74) is 5.42. The summed E-state index contributed by atoms with van der Waals surface area (Å²) >= 11 is 0. The van der Waals surface area contributed by atoms with Crippen molar-refractivity contribution in [3.05, 3.63) is 59.7 Å². The molecule has 0 radical (unpaired) electrons. The highest BCUT2D eigenvalue weighted by molar-refractivity contribution is 5.67. The predicted molar refractivity (Wildman–Crippen MR) is 89.4 cm³/mol. The van der Waals surface area contributed by atoms with E-state index in [0.29, 0.717) is 6.04 Å². The molecule has 1 N–H and O–H groups in total. The lowest BCUT2D eigenvalue weighted by Gasteiger charge is -2.16. The van der Waals surface area contributed by atoms with Crippen molar-refractivity contribution < 1.29 is 0 Å². The van der Waals surface area contributed by atoms with E-state index in [9.17, 15) is 0 Å². The Bertz CT molecular complexity index is 606. The maximum absolute atomic E-state index is 3.38. The molecule has 0 saturated carbocycles. The third-order valence-electron chi connectivity index (χ3n) is 4.47. The van der Waals surface area contributed by atoms with Gasteiger partial charge in [-0.1, -0.05) is 42.5 Å². The van der Waals surface area contributed by atoms with Gasteiger partial charge < -0.3 is 5.32 Å². The topological polar surface area (TPSA) is 15.3 Å². The number of nitrogens with one attached hydrogen (secondary N) is 1. The number of likely N-dealkylation sites (tertiary alicyclic amines) is 1. The standard InChI is InChI=1S/C19H24N2/c1-15-6-3-4-9-19(15)17-8-5-7-16(12-17)13-21-11-10-18(14-21)20-2/h3-9,12,18,20H,10-11,13-14H2,1-2H3. The first kappa shape index (κ1) is 14.3. The van der Waals surface area contributed by atoms with Crippen molar-refractivity contribution in [1.82, 2.24) is 10.2 Å². The number of benzene rings is 2. The molecule has 3 rings (SSSR count). The van der Waals surface area contributed by atoms with Gasteiger partial charge >= 0.3 is 0 Å². The van der Waals surface area contributed by atoms with Crippen LogP contribution in [-0.4, -0.2) is 31.1 Å². The highest BCUT2D eigenvalue weighted by Gasteiger charge is 2.20. The van der Waals surface area contributed by atoms with Crippen LogP contribution in [0.4, 0.5) is 0 Å². The lowest BCUT2D eigenvalue weighted by molar-refractivity contribution is 0.322. The molecule has 0 bridgehead atoms. The van der Waals surface area contributed by atoms with Gasteiger partial charge in [0.05, 0.1) is 0 Å². The summed E-state index contributed by atoms with van der Waals surface area (Å²) < 4.78 is 0. The maximum Gasteiger partial charge on any atom is 0.0234 e. The van der Waals surface area contributed by atoms with Crippen LogP contribution in [-0.2, 0) is 6.54 Å². The summed E-state index contributed by atoms with van der Waals surface area (Å²) in [6, 6.07) is 18.3. The molecule has 110 valence electrons. The highest BCUT2D eigenvalue weighted by atomic mass is 15.2. The van der Waals surface area contributed by atoms with Crippen molar-refractivity contribution in [3.63, 3.8) is 0 Å². The van der Waals surface area contributed by atoms with Gasteiger partial charge in [-0.15, -0.1) is 0 Å². The molecule has 2 aromatic carbocycles. The van der Waals surface area contributed by atoms with Gasteiger partial charge in [-0.25, -0.2) is 0 Å². The van der Waals surface area contributed by atoms with E-state index in [2.05, 4.69) is 72.7 Å². The largest absolute Gasteiger partial charge is 0.316 e. The monoisotopic (exact) mass is 280 g/mol. The molecule has 1 saturated heterocycles. The average molecular weight is 280 g/mol. The van der Waals surface area contributed by atoms with Crippen LogP contribution in [0.5, 0.6) is 0 Å². The zero-order valence-corrected chi connectivity index (χ0v) is 13.0. The Morgan fingerprint density at radius 1 is 1.14 bits per heavy atom. The second-order valence-electron chi connectivity index (χ2n) is 6.02. The number of hydrogen-bond donors (Lipinski definition) is 1. The molecule has 1 fully saturated rings. The molecule has 1 atom stereocenters. The minimum absolute atomic E-state index is 0.657. The maximum atomic E-state index is 3.38. The van der Waals surface area contributed by atoms with Gasteiger partial charge in [0.2, 0.25) is 0 Å². The molecular weight excluding hydrogens is 256 g/mol. The van der Waals surface area contributed by atoms with Crippen molar-refractivity contribution in [2.24, 2.45) is 0 Å². The third-order valence-corrected chi connectivity index (χ3v) is 4.47. The molecule has 0 amide bonds. The van der Waals surface area contributed by atoms with E-state index in [1.165, 1.54) is 35.2 Å². The number of nitrogens with zero attached hydrogens (tertiary/aromatic N) is 1. The summed E-state index contributed by atoms with van der Waals surface area (Å²) in [5, 5.41) is 3.38. The molecule has 21 heavy (non-hydrogen) atoms. The van der Waals surface area contributed by atoms with Crippen molar-refractivity contribution in [1.29, 1.82) is 0 Å². The minimum Gasteiger partial charge on any atom is -0.316 e. The van der Waals surface area contributed by atoms with Crippen LogP contribution in [0, 0.1) is 6.92 Å². The molecule has 0 spiro atoms. The molecule has 2 aromatic rings. The SMILES string of the molecule is CNC1CCN(Cc2cccc(-c3ccccc3C)c2)C1. The first-order chi connectivity index (χ1) is 10.3. The van der Waals surface area contributed by atoms with Crippen LogP contribution in [0.25, 0.3) is 11.1 Å². The van der Waals surface area contributed by atoms with E-state index < -0.39 is 0 Å². The van der Waals surface area contributed by atoms with Crippen molar-refractivity contribution in [3.8, 4) is 11.1 Å². The van der Waals surface area contributed by atoms with Gasteiger partial charge in [-0.2, -0.15) is 0 Å². The second kappa shape index (κ2) is 6.42. The van der Waals surface area contributed by atoms with Crippen LogP contribution in [0.15, 0.2) is 48.5 Å². The molecule has 2 nitrogen and oxygen atoms in total. The van der Waals surface area contributed by atoms with E-state index >= 15 is 0 Å². The van der Waals surface area contributed by atoms with Crippen LogP contribution in [0.2, 0.25) is 0 Å². The first-order valence-corrected chi connectivity index (χ1v) is 7.81. The van der Waals surface area contributed by atoms with Gasteiger partial charge in [0.15, 0.2) is 0 Å². The van der Waals surface area contributed by atoms with Crippen LogP contribution in [0.3, 0.4) is 0 Å². The van der Waals surface area contributed by atoms with E-state index in [4.69, 9.17) is 0 Å². The van der Waals surface area contributed by atoms with Crippen molar-refractivity contribution in [2.45, 2.75) is 25.9 Å². The zero-order valence-electron chi connectivity index (χ0n) is 13.0. The Hall–Kier alpha value is -1.64. The van der Waals surface area contributed by atoms with Crippen molar-refractivity contribution >= 4 is 0 Å². The Morgan fingerprint density at radius 2 is 2.00 bits per heavy atom. The normalized spacial score (nSPS) is 19.0. The van der Waals surface area contributed by atoms with Crippen LogP contribution < -0.4 is 5.32 Å². The number of aryl methyl sites for hydroxylation is 1. The summed E-state index contributed by atoms with van der Waals surface area (Å²) in [4.78, 5) is 2.54. The second-order valence-corrected chi connectivity index (χ2v) is 6.02. The molecule has 0 aliphatic carbocycles. The average Bonchev–Trinajstić information content (AvgIpc) is 2.96. The molecular formula is C19H24N2. The summed E-state index contributed by atoms with van der Waals surface area (Å²) in [7, 11) is 2.06. The van der Waals surface area contributed by atoms with Gasteiger partial charge in [0.1, 0.15) is 0 Å². The molecule has 1 unspecified atom stereocenters. The van der Waals surface area contributed by atoms with Crippen molar-refractivity contribution in [2.75, 3.05) is 20.1 Å². The number of likely N-dealkylation sites (N-methyl/N-ethyl adjacent to an activating group) is 1. The highest BCUT2D eigenvalue weighted by Crippen LogP contribution is 2.24. The number of rotatable bonds is 4. The third kappa shape index (κ3) is 3.34. The quantitative estimate of drug-likeness (QED) is 0.922. The summed E-state index contributed by atoms with van der Waals surface area (Å²) in [6.07, 6.45) is 1.26. The van der Waals surface area contributed by atoms with Gasteiger partial charge in [0.25, 0.3) is 0 Å². The molecule has 0 aromatic heterocycles. The number of hydrogen-bond acceptors (Lipinski definition) is 2. The van der Waals surface area contributed by atoms with E-state index in [1.807, 2.05) is 0 Å². The van der Waals surface area contributed by atoms with Crippen LogP contribution in [0.1, 0.15) is 17.5 Å². The smallest absolute Gasteiger partial charge is 0.0234 e. The zero-order chi connectivity index (χ0) is 14.7. The van der Waals surface area contributed by atoms with E-state index in [1.54, 1.807) is 0 Å². The van der Waals surface area contributed by atoms with E-state index in [0.717, 1.165) is 13.1 Å². The van der Waals surface area contributed by atoms with Gasteiger partial charge in [-0.3, -0.25) is 4.90 Å². The first-order valence-electron chi connectivity index (χ1n) is 7.81. The minimum atomic E-state index is 0.657. The predicted octanol–water partition coefficient (Wildman–Crippen LogP) is 3.46. The lowest BCUT2D eigenvalue weighted by atomic mass is 9.99.